The van der Waals surface area contributed by atoms with Crippen molar-refractivity contribution in [2.75, 3.05) is 13.1 Å². The second-order valence-electron chi connectivity index (χ2n) is 5.05. The minimum atomic E-state index is -0.0324. The van der Waals surface area contributed by atoms with E-state index in [1.165, 1.54) is 12.8 Å². The molecular weight excluding hydrogens is 279 g/mol. The SMILES string of the molecule is C=CCN1CCCC[C@@H]1[C@H](N)c1ccc(Cl)c(Cl)c1. The third-order valence-electron chi connectivity index (χ3n) is 3.77. The normalized spacial score (nSPS) is 22.2. The van der Waals surface area contributed by atoms with Crippen LogP contribution in [-0.2, 0) is 0 Å². The van der Waals surface area contributed by atoms with Crippen molar-refractivity contribution in [1.82, 2.24) is 4.90 Å². The summed E-state index contributed by atoms with van der Waals surface area (Å²) in [6, 6.07) is 5.99. The summed E-state index contributed by atoms with van der Waals surface area (Å²) in [6.07, 6.45) is 5.53. The molecule has 0 bridgehead atoms. The summed E-state index contributed by atoms with van der Waals surface area (Å²) in [5.74, 6) is 0. The first-order valence-corrected chi connectivity index (χ1v) is 7.44. The van der Waals surface area contributed by atoms with Crippen LogP contribution in [0, 0.1) is 0 Å². The van der Waals surface area contributed by atoms with Crippen molar-refractivity contribution < 1.29 is 0 Å². The molecule has 4 heteroatoms. The van der Waals surface area contributed by atoms with Crippen LogP contribution in [0.2, 0.25) is 10.0 Å². The van der Waals surface area contributed by atoms with Crippen LogP contribution in [-0.4, -0.2) is 24.0 Å². The number of hydrogen-bond donors (Lipinski definition) is 1. The van der Waals surface area contributed by atoms with Gasteiger partial charge in [-0.1, -0.05) is 41.8 Å². The van der Waals surface area contributed by atoms with Crippen LogP contribution in [0.3, 0.4) is 0 Å². The van der Waals surface area contributed by atoms with Crippen LogP contribution in [0.4, 0.5) is 0 Å². The van der Waals surface area contributed by atoms with Crippen LogP contribution >= 0.6 is 23.2 Å². The van der Waals surface area contributed by atoms with E-state index in [4.69, 9.17) is 28.9 Å². The lowest BCUT2D eigenvalue weighted by Gasteiger charge is -2.38. The highest BCUT2D eigenvalue weighted by molar-refractivity contribution is 6.42. The van der Waals surface area contributed by atoms with Crippen molar-refractivity contribution in [3.8, 4) is 0 Å². The van der Waals surface area contributed by atoms with Gasteiger partial charge in [0.1, 0.15) is 0 Å². The molecule has 2 rings (SSSR count). The molecule has 0 unspecified atom stereocenters. The van der Waals surface area contributed by atoms with Gasteiger partial charge < -0.3 is 5.73 Å². The highest BCUT2D eigenvalue weighted by Gasteiger charge is 2.28. The summed E-state index contributed by atoms with van der Waals surface area (Å²) in [6.45, 7) is 5.80. The van der Waals surface area contributed by atoms with Gasteiger partial charge in [-0.25, -0.2) is 0 Å². The Labute approximate surface area is 125 Å². The highest BCUT2D eigenvalue weighted by atomic mass is 35.5. The Morgan fingerprint density at radius 3 is 2.84 bits per heavy atom. The third-order valence-corrected chi connectivity index (χ3v) is 4.51. The van der Waals surface area contributed by atoms with E-state index in [-0.39, 0.29) is 6.04 Å². The second-order valence-corrected chi connectivity index (χ2v) is 5.86. The fourth-order valence-corrected chi connectivity index (χ4v) is 3.06. The van der Waals surface area contributed by atoms with Crippen molar-refractivity contribution in [2.24, 2.45) is 5.73 Å². The van der Waals surface area contributed by atoms with Gasteiger partial charge in [0.2, 0.25) is 0 Å². The topological polar surface area (TPSA) is 29.3 Å². The maximum absolute atomic E-state index is 6.43. The Morgan fingerprint density at radius 2 is 2.16 bits per heavy atom. The Kier molecular flexibility index (Phi) is 5.28. The molecular formula is C15H20Cl2N2. The predicted molar refractivity (Wildman–Crippen MR) is 82.8 cm³/mol. The fraction of sp³-hybridized carbons (Fsp3) is 0.467. The second kappa shape index (κ2) is 6.76. The summed E-state index contributed by atoms with van der Waals surface area (Å²) in [5, 5.41) is 1.14. The number of nitrogens with zero attached hydrogens (tertiary/aromatic N) is 1. The molecule has 1 aromatic carbocycles. The van der Waals surface area contributed by atoms with E-state index in [1.807, 2.05) is 24.3 Å². The van der Waals surface area contributed by atoms with E-state index in [9.17, 15) is 0 Å². The van der Waals surface area contributed by atoms with Crippen molar-refractivity contribution in [1.29, 1.82) is 0 Å². The summed E-state index contributed by atoms with van der Waals surface area (Å²) >= 11 is 12.0. The number of hydrogen-bond acceptors (Lipinski definition) is 2. The van der Waals surface area contributed by atoms with E-state index < -0.39 is 0 Å². The van der Waals surface area contributed by atoms with Gasteiger partial charge >= 0.3 is 0 Å². The molecule has 0 radical (unpaired) electrons. The number of rotatable bonds is 4. The van der Waals surface area contributed by atoms with Gasteiger partial charge in [-0.3, -0.25) is 4.90 Å². The number of benzene rings is 1. The molecule has 19 heavy (non-hydrogen) atoms. The Hall–Kier alpha value is -0.540. The van der Waals surface area contributed by atoms with Gasteiger partial charge in [0.05, 0.1) is 10.0 Å². The molecule has 0 spiro atoms. The standard InChI is InChI=1S/C15H20Cl2N2/c1-2-8-19-9-4-3-5-14(19)15(18)11-6-7-12(16)13(17)10-11/h2,6-7,10,14-15H,1,3-5,8-9,18H2/t14-,15-/m1/s1. The smallest absolute Gasteiger partial charge is 0.0595 e. The van der Waals surface area contributed by atoms with E-state index in [1.54, 1.807) is 0 Å². The summed E-state index contributed by atoms with van der Waals surface area (Å²) in [7, 11) is 0. The molecule has 2 N–H and O–H groups in total. The molecule has 0 amide bonds. The molecule has 1 aliphatic rings. The molecule has 0 aromatic heterocycles. The Morgan fingerprint density at radius 1 is 1.37 bits per heavy atom. The number of piperidine rings is 1. The monoisotopic (exact) mass is 298 g/mol. The molecule has 1 saturated heterocycles. The van der Waals surface area contributed by atoms with Gasteiger partial charge in [0.15, 0.2) is 0 Å². The number of halogens is 2. The third kappa shape index (κ3) is 3.51. The van der Waals surface area contributed by atoms with Crippen LogP contribution < -0.4 is 5.73 Å². The van der Waals surface area contributed by atoms with Crippen LogP contribution in [0.25, 0.3) is 0 Å². The summed E-state index contributed by atoms with van der Waals surface area (Å²) in [5.41, 5.74) is 7.48. The largest absolute Gasteiger partial charge is 0.323 e. The average Bonchev–Trinajstić information content (AvgIpc) is 2.42. The first-order chi connectivity index (χ1) is 9.13. The summed E-state index contributed by atoms with van der Waals surface area (Å²) < 4.78 is 0. The molecule has 104 valence electrons. The van der Waals surface area contributed by atoms with Gasteiger partial charge in [-0.2, -0.15) is 0 Å². The van der Waals surface area contributed by atoms with Gasteiger partial charge in [-0.05, 0) is 37.1 Å². The average molecular weight is 299 g/mol. The van der Waals surface area contributed by atoms with E-state index in [0.717, 1.165) is 25.1 Å². The molecule has 1 aromatic rings. The molecule has 2 nitrogen and oxygen atoms in total. The zero-order valence-electron chi connectivity index (χ0n) is 11.0. The van der Waals surface area contributed by atoms with E-state index in [2.05, 4.69) is 11.5 Å². The Balaban J connectivity index is 2.17. The number of nitrogens with two attached hydrogens (primary N) is 1. The van der Waals surface area contributed by atoms with Crippen LogP contribution in [0.5, 0.6) is 0 Å². The van der Waals surface area contributed by atoms with E-state index in [0.29, 0.717) is 16.1 Å². The van der Waals surface area contributed by atoms with Crippen LogP contribution in [0.15, 0.2) is 30.9 Å². The van der Waals surface area contributed by atoms with Gasteiger partial charge in [0.25, 0.3) is 0 Å². The lowest BCUT2D eigenvalue weighted by Crippen LogP contribution is -2.45. The zero-order valence-corrected chi connectivity index (χ0v) is 12.5. The minimum absolute atomic E-state index is 0.0324. The number of likely N-dealkylation sites (tertiary alicyclic amines) is 1. The first-order valence-electron chi connectivity index (χ1n) is 6.69. The summed E-state index contributed by atoms with van der Waals surface area (Å²) in [4.78, 5) is 2.41. The molecule has 1 aliphatic heterocycles. The zero-order chi connectivity index (χ0) is 13.8. The quantitative estimate of drug-likeness (QED) is 0.850. The first kappa shape index (κ1) is 14.9. The fourth-order valence-electron chi connectivity index (χ4n) is 2.76. The molecule has 1 heterocycles. The minimum Gasteiger partial charge on any atom is -0.323 e. The molecule has 0 aliphatic carbocycles. The molecule has 1 fully saturated rings. The molecule has 2 atom stereocenters. The van der Waals surface area contributed by atoms with Crippen molar-refractivity contribution in [3.63, 3.8) is 0 Å². The van der Waals surface area contributed by atoms with E-state index >= 15 is 0 Å². The molecule has 0 saturated carbocycles. The van der Waals surface area contributed by atoms with Gasteiger partial charge in [0, 0.05) is 18.6 Å². The van der Waals surface area contributed by atoms with Crippen molar-refractivity contribution in [3.05, 3.63) is 46.5 Å². The van der Waals surface area contributed by atoms with Crippen molar-refractivity contribution >= 4 is 23.2 Å². The van der Waals surface area contributed by atoms with Gasteiger partial charge in [-0.15, -0.1) is 6.58 Å². The lowest BCUT2D eigenvalue weighted by atomic mass is 9.91. The highest BCUT2D eigenvalue weighted by Crippen LogP contribution is 2.30. The Bertz CT molecular complexity index is 448. The lowest BCUT2D eigenvalue weighted by molar-refractivity contribution is 0.141. The maximum atomic E-state index is 6.43. The maximum Gasteiger partial charge on any atom is 0.0595 e. The predicted octanol–water partition coefficient (Wildman–Crippen LogP) is 4.03. The van der Waals surface area contributed by atoms with Crippen LogP contribution in [0.1, 0.15) is 30.9 Å². The van der Waals surface area contributed by atoms with Crippen molar-refractivity contribution in [2.45, 2.75) is 31.3 Å².